The van der Waals surface area contributed by atoms with Crippen LogP contribution < -0.4 is 5.73 Å². The molecule has 0 radical (unpaired) electrons. The van der Waals surface area contributed by atoms with Gasteiger partial charge in [0.15, 0.2) is 5.82 Å². The van der Waals surface area contributed by atoms with E-state index in [0.29, 0.717) is 0 Å². The molecule has 0 aliphatic rings. The van der Waals surface area contributed by atoms with E-state index in [1.54, 1.807) is 0 Å². The number of alkyl halides is 3. The van der Waals surface area contributed by atoms with Gasteiger partial charge in [0.25, 0.3) is 0 Å². The Morgan fingerprint density at radius 3 is 2.62 bits per heavy atom. The number of hydrogen-bond acceptors (Lipinski definition) is 3. The summed E-state index contributed by atoms with van der Waals surface area (Å²) in [5.41, 5.74) is 3.51. The molecule has 0 atom stereocenters. The lowest BCUT2D eigenvalue weighted by molar-refractivity contribution is -0.137. The van der Waals surface area contributed by atoms with Crippen molar-refractivity contribution in [3.8, 4) is 6.07 Å². The van der Waals surface area contributed by atoms with Gasteiger partial charge in [-0.15, -0.1) is 0 Å². The summed E-state index contributed by atoms with van der Waals surface area (Å²) in [6, 6.07) is 4.45. The highest BCUT2D eigenvalue weighted by atomic mass is 19.4. The summed E-state index contributed by atoms with van der Waals surface area (Å²) in [6.07, 6.45) is -1.65. The summed E-state index contributed by atoms with van der Waals surface area (Å²) in [5, 5.41) is 12.4. The fourth-order valence-corrected chi connectivity index (χ4v) is 1.98. The van der Waals surface area contributed by atoms with E-state index in [1.807, 2.05) is 0 Å². The van der Waals surface area contributed by atoms with Crippen LogP contribution in [0.3, 0.4) is 0 Å². The highest BCUT2D eigenvalue weighted by molar-refractivity contribution is 5.96. The molecule has 0 aliphatic heterocycles. The average molecular weight is 338 g/mol. The summed E-state index contributed by atoms with van der Waals surface area (Å²) in [4.78, 5) is 11.5. The van der Waals surface area contributed by atoms with Gasteiger partial charge in [0.2, 0.25) is 5.91 Å². The average Bonchev–Trinajstić information content (AvgIpc) is 2.90. The van der Waals surface area contributed by atoms with Gasteiger partial charge in [-0.1, -0.05) is 6.07 Å². The maximum absolute atomic E-state index is 12.9. The first-order valence-electron chi connectivity index (χ1n) is 6.50. The molecule has 1 aromatic heterocycles. The van der Waals surface area contributed by atoms with Crippen LogP contribution >= 0.6 is 0 Å². The number of rotatable bonds is 4. The first kappa shape index (κ1) is 17.2. The maximum atomic E-state index is 12.9. The second kappa shape index (κ2) is 6.54. The molecule has 2 aromatic rings. The highest BCUT2D eigenvalue weighted by Gasteiger charge is 2.33. The number of halogens is 4. The molecular weight excluding hydrogens is 328 g/mol. The number of carbonyl (C=O) groups is 1. The topological polar surface area (TPSA) is 84.7 Å². The van der Waals surface area contributed by atoms with Crippen LogP contribution in [0.25, 0.3) is 6.08 Å². The Morgan fingerprint density at radius 2 is 2.12 bits per heavy atom. The van der Waals surface area contributed by atoms with E-state index in [9.17, 15) is 22.4 Å². The third kappa shape index (κ3) is 3.98. The van der Waals surface area contributed by atoms with Gasteiger partial charge in [0.05, 0.1) is 36.1 Å². The van der Waals surface area contributed by atoms with Gasteiger partial charge < -0.3 is 5.73 Å². The van der Waals surface area contributed by atoms with Crippen LogP contribution in [0.4, 0.5) is 17.6 Å². The second-order valence-corrected chi connectivity index (χ2v) is 4.80. The molecule has 0 saturated heterocycles. The molecule has 0 fully saturated rings. The Kier molecular flexibility index (Phi) is 4.69. The molecule has 9 heteroatoms. The third-order valence-electron chi connectivity index (χ3n) is 3.06. The zero-order chi connectivity index (χ0) is 17.9. The van der Waals surface area contributed by atoms with Gasteiger partial charge in [-0.3, -0.25) is 9.48 Å². The molecule has 0 unspecified atom stereocenters. The standard InChI is InChI=1S/C15H10F4N4O/c16-12-6-22-23(8-12)7-11(14(21)24)3-9-1-2-10(5-20)13(4-9)15(17,18)19/h1-4,6,8H,7H2,(H2,21,24). The second-order valence-electron chi connectivity index (χ2n) is 4.80. The van der Waals surface area contributed by atoms with Crippen molar-refractivity contribution in [2.45, 2.75) is 12.7 Å². The van der Waals surface area contributed by atoms with Gasteiger partial charge in [0, 0.05) is 5.57 Å². The molecule has 0 bridgehead atoms. The Morgan fingerprint density at radius 1 is 1.42 bits per heavy atom. The van der Waals surface area contributed by atoms with E-state index in [-0.39, 0.29) is 17.7 Å². The Hall–Kier alpha value is -3.15. The number of nitriles is 1. The van der Waals surface area contributed by atoms with E-state index in [0.717, 1.165) is 35.3 Å². The van der Waals surface area contributed by atoms with E-state index in [4.69, 9.17) is 11.0 Å². The number of primary amides is 1. The number of benzene rings is 1. The number of hydrogen-bond donors (Lipinski definition) is 1. The molecule has 24 heavy (non-hydrogen) atoms. The van der Waals surface area contributed by atoms with E-state index < -0.39 is 29.0 Å². The van der Waals surface area contributed by atoms with Crippen molar-refractivity contribution in [2.75, 3.05) is 0 Å². The zero-order valence-electron chi connectivity index (χ0n) is 12.0. The first-order chi connectivity index (χ1) is 11.2. The fraction of sp³-hybridized carbons (Fsp3) is 0.133. The predicted molar refractivity (Wildman–Crippen MR) is 75.5 cm³/mol. The molecule has 0 aliphatic carbocycles. The lowest BCUT2D eigenvalue weighted by Crippen LogP contribution is -2.18. The van der Waals surface area contributed by atoms with Crippen LogP contribution in [0.15, 0.2) is 36.2 Å². The molecule has 1 aromatic carbocycles. The lowest BCUT2D eigenvalue weighted by atomic mass is 10.0. The third-order valence-corrected chi connectivity index (χ3v) is 3.06. The number of nitrogens with zero attached hydrogens (tertiary/aromatic N) is 3. The van der Waals surface area contributed by atoms with Crippen molar-refractivity contribution in [2.24, 2.45) is 5.73 Å². The fourth-order valence-electron chi connectivity index (χ4n) is 1.98. The minimum absolute atomic E-state index is 0.0303. The SMILES string of the molecule is N#Cc1ccc(C=C(Cn2cc(F)cn2)C(N)=O)cc1C(F)(F)F. The molecule has 5 nitrogen and oxygen atoms in total. The largest absolute Gasteiger partial charge is 0.417 e. The van der Waals surface area contributed by atoms with Gasteiger partial charge in [-0.2, -0.15) is 23.5 Å². The van der Waals surface area contributed by atoms with Crippen molar-refractivity contribution >= 4 is 12.0 Å². The summed E-state index contributed by atoms with van der Waals surface area (Å²) >= 11 is 0. The molecule has 2 rings (SSSR count). The van der Waals surface area contributed by atoms with Crippen LogP contribution in [0.5, 0.6) is 0 Å². The Balaban J connectivity index is 2.43. The number of nitrogens with two attached hydrogens (primary N) is 1. The lowest BCUT2D eigenvalue weighted by Gasteiger charge is -2.10. The number of carbonyl (C=O) groups excluding carboxylic acids is 1. The summed E-state index contributed by atoms with van der Waals surface area (Å²) in [5.74, 6) is -1.51. The summed E-state index contributed by atoms with van der Waals surface area (Å²) in [6.45, 7) is -0.208. The van der Waals surface area contributed by atoms with Gasteiger partial charge in [-0.05, 0) is 23.8 Å². The minimum Gasteiger partial charge on any atom is -0.366 e. The van der Waals surface area contributed by atoms with Crippen molar-refractivity contribution in [3.05, 3.63) is 58.7 Å². The number of amides is 1. The Labute approximate surface area is 133 Å². The zero-order valence-corrected chi connectivity index (χ0v) is 12.0. The molecule has 0 spiro atoms. The highest BCUT2D eigenvalue weighted by Crippen LogP contribution is 2.32. The van der Waals surface area contributed by atoms with Gasteiger partial charge >= 0.3 is 6.18 Å². The maximum Gasteiger partial charge on any atom is 0.417 e. The minimum atomic E-state index is -4.72. The monoisotopic (exact) mass is 338 g/mol. The van der Waals surface area contributed by atoms with Gasteiger partial charge in [-0.25, -0.2) is 4.39 Å². The van der Waals surface area contributed by atoms with Crippen LogP contribution in [0.1, 0.15) is 16.7 Å². The number of aromatic nitrogens is 2. The van der Waals surface area contributed by atoms with Crippen molar-refractivity contribution in [1.82, 2.24) is 9.78 Å². The van der Waals surface area contributed by atoms with E-state index >= 15 is 0 Å². The normalized spacial score (nSPS) is 12.0. The van der Waals surface area contributed by atoms with Crippen LogP contribution in [0.2, 0.25) is 0 Å². The van der Waals surface area contributed by atoms with Gasteiger partial charge in [0.1, 0.15) is 0 Å². The van der Waals surface area contributed by atoms with Crippen LogP contribution in [-0.4, -0.2) is 15.7 Å². The first-order valence-corrected chi connectivity index (χ1v) is 6.50. The Bertz CT molecular complexity index is 846. The molecular formula is C15H10F4N4O. The van der Waals surface area contributed by atoms with Crippen molar-refractivity contribution in [1.29, 1.82) is 5.26 Å². The van der Waals surface area contributed by atoms with Crippen LogP contribution in [0, 0.1) is 17.1 Å². The molecule has 1 amide bonds. The molecule has 0 saturated carbocycles. The van der Waals surface area contributed by atoms with Crippen molar-refractivity contribution < 1.29 is 22.4 Å². The summed E-state index contributed by atoms with van der Waals surface area (Å²) in [7, 11) is 0. The quantitative estimate of drug-likeness (QED) is 0.686. The van der Waals surface area contributed by atoms with E-state index in [1.165, 1.54) is 12.1 Å². The molecule has 124 valence electrons. The summed E-state index contributed by atoms with van der Waals surface area (Å²) < 4.78 is 52.8. The van der Waals surface area contributed by atoms with E-state index in [2.05, 4.69) is 5.10 Å². The van der Waals surface area contributed by atoms with Crippen LogP contribution in [-0.2, 0) is 17.5 Å². The molecule has 2 N–H and O–H groups in total. The van der Waals surface area contributed by atoms with Crippen molar-refractivity contribution in [3.63, 3.8) is 0 Å². The predicted octanol–water partition coefficient (Wildman–Crippen LogP) is 2.48. The smallest absolute Gasteiger partial charge is 0.366 e. The molecule has 1 heterocycles.